The molecule has 1 amide bonds. The van der Waals surface area contributed by atoms with Gasteiger partial charge < -0.3 is 27.2 Å². The second kappa shape index (κ2) is 6.90. The maximum Gasteiger partial charge on any atom is 0.352 e. The average Bonchev–Trinajstić information content (AvgIpc) is 2.57. The molecule has 3 atom stereocenters. The number of amides is 1. The minimum Gasteiger partial charge on any atom is -0.477 e. The molecule has 0 saturated carbocycles. The van der Waals surface area contributed by atoms with Gasteiger partial charge in [-0.3, -0.25) is 9.69 Å². The maximum atomic E-state index is 12.0. The number of amidine groups is 1. The molecule has 2 unspecified atom stereocenters. The number of nitrogens with two attached hydrogens (primary N) is 3. The van der Waals surface area contributed by atoms with E-state index in [1.807, 2.05) is 11.8 Å². The Balaban J connectivity index is 1.80. The summed E-state index contributed by atoms with van der Waals surface area (Å²) in [7, 11) is 0. The average molecular weight is 384 g/mol. The summed E-state index contributed by atoms with van der Waals surface area (Å²) in [5.74, 6) is -0.232. The number of hydrogen-bond donors (Lipinski definition) is 4. The first-order valence-corrected chi connectivity index (χ1v) is 9.75. The number of aliphatic imine (C=N–C) groups is 1. The molecule has 3 heterocycles. The quantitative estimate of drug-likeness (QED) is 0.451. The van der Waals surface area contributed by atoms with Crippen molar-refractivity contribution in [2.24, 2.45) is 22.2 Å². The molecule has 0 aromatic heterocycles. The van der Waals surface area contributed by atoms with Crippen LogP contribution in [0.5, 0.6) is 0 Å². The monoisotopic (exact) mass is 384 g/mol. The maximum absolute atomic E-state index is 12.0. The van der Waals surface area contributed by atoms with Crippen LogP contribution in [0.1, 0.15) is 6.92 Å². The van der Waals surface area contributed by atoms with E-state index in [-0.39, 0.29) is 23.1 Å². The third kappa shape index (κ3) is 3.12. The van der Waals surface area contributed by atoms with Gasteiger partial charge >= 0.3 is 5.97 Å². The summed E-state index contributed by atoms with van der Waals surface area (Å²) >= 11 is 2.85. The van der Waals surface area contributed by atoms with Crippen LogP contribution in [0.3, 0.4) is 0 Å². The highest BCUT2D eigenvalue weighted by Crippen LogP contribution is 2.40. The van der Waals surface area contributed by atoms with Crippen molar-refractivity contribution in [3.63, 3.8) is 0 Å². The lowest BCUT2D eigenvalue weighted by Crippen LogP contribution is -2.68. The van der Waals surface area contributed by atoms with Crippen LogP contribution in [0.15, 0.2) is 28.2 Å². The number of fused-ring (bicyclic) bond motifs is 1. The number of carbonyl (C=O) groups is 2. The zero-order chi connectivity index (χ0) is 18.3. The Hall–Kier alpha value is -1.69. The number of rotatable bonds is 4. The Morgan fingerprint density at radius 2 is 2.24 bits per heavy atom. The summed E-state index contributed by atoms with van der Waals surface area (Å²) in [5.41, 5.74) is 18.3. The molecule has 0 bridgehead atoms. The molecule has 25 heavy (non-hydrogen) atoms. The van der Waals surface area contributed by atoms with E-state index in [0.717, 1.165) is 0 Å². The van der Waals surface area contributed by atoms with Crippen LogP contribution in [-0.2, 0) is 9.59 Å². The Labute approximate surface area is 153 Å². The molecule has 7 N–H and O–H groups in total. The van der Waals surface area contributed by atoms with E-state index in [1.165, 1.54) is 28.4 Å². The summed E-state index contributed by atoms with van der Waals surface area (Å²) in [4.78, 5) is 31.1. The lowest BCUT2D eigenvalue weighted by atomic mass is 10.0. The predicted octanol–water partition coefficient (Wildman–Crippen LogP) is -0.923. The highest BCUT2D eigenvalue weighted by Gasteiger charge is 2.51. The van der Waals surface area contributed by atoms with Crippen molar-refractivity contribution in [1.82, 2.24) is 9.80 Å². The first-order chi connectivity index (χ1) is 11.8. The number of thioether (sulfide) groups is 2. The van der Waals surface area contributed by atoms with Crippen molar-refractivity contribution in [3.05, 3.63) is 23.2 Å². The van der Waals surface area contributed by atoms with Gasteiger partial charge in [0.15, 0.2) is 5.17 Å². The van der Waals surface area contributed by atoms with E-state index in [2.05, 4.69) is 4.99 Å². The van der Waals surface area contributed by atoms with Crippen LogP contribution in [0.25, 0.3) is 0 Å². The normalized spacial score (nSPS) is 29.1. The second-order valence-electron chi connectivity index (χ2n) is 5.74. The van der Waals surface area contributed by atoms with Gasteiger partial charge in [-0.15, -0.1) is 11.8 Å². The Morgan fingerprint density at radius 1 is 1.52 bits per heavy atom. The molecule has 3 aliphatic heterocycles. The topological polar surface area (TPSA) is 151 Å². The lowest BCUT2D eigenvalue weighted by Gasteiger charge is -2.48. The van der Waals surface area contributed by atoms with Crippen LogP contribution in [0, 0.1) is 0 Å². The van der Waals surface area contributed by atoms with E-state index in [0.29, 0.717) is 34.6 Å². The molecule has 136 valence electrons. The molecular formula is C14H20N6O3S2. The van der Waals surface area contributed by atoms with E-state index < -0.39 is 12.0 Å². The van der Waals surface area contributed by atoms with Crippen LogP contribution < -0.4 is 17.2 Å². The minimum atomic E-state index is -1.12. The molecule has 0 radical (unpaired) electrons. The van der Waals surface area contributed by atoms with Crippen LogP contribution in [0.4, 0.5) is 0 Å². The van der Waals surface area contributed by atoms with Crippen LogP contribution in [-0.4, -0.2) is 67.6 Å². The van der Waals surface area contributed by atoms with Crippen molar-refractivity contribution in [1.29, 1.82) is 0 Å². The fourth-order valence-corrected chi connectivity index (χ4v) is 5.46. The molecule has 1 fully saturated rings. The van der Waals surface area contributed by atoms with Crippen molar-refractivity contribution in [2.75, 3.05) is 18.1 Å². The third-order valence-corrected chi connectivity index (χ3v) is 6.62. The Bertz CT molecular complexity index is 707. The van der Waals surface area contributed by atoms with Gasteiger partial charge in [-0.2, -0.15) is 0 Å². The summed E-state index contributed by atoms with van der Waals surface area (Å²) in [5, 5.41) is 9.90. The van der Waals surface area contributed by atoms with Crippen LogP contribution in [0.2, 0.25) is 0 Å². The molecule has 0 aromatic rings. The largest absolute Gasteiger partial charge is 0.477 e. The zero-order valence-electron chi connectivity index (χ0n) is 13.6. The first-order valence-electron chi connectivity index (χ1n) is 7.71. The fourth-order valence-electron chi connectivity index (χ4n) is 2.91. The van der Waals surface area contributed by atoms with Gasteiger partial charge in [0.1, 0.15) is 29.1 Å². The molecular weight excluding hydrogens is 364 g/mol. The van der Waals surface area contributed by atoms with Gasteiger partial charge in [-0.1, -0.05) is 11.8 Å². The molecule has 3 rings (SSSR count). The Morgan fingerprint density at radius 3 is 2.88 bits per heavy atom. The van der Waals surface area contributed by atoms with Crippen molar-refractivity contribution < 1.29 is 14.7 Å². The van der Waals surface area contributed by atoms with Gasteiger partial charge in [-0.05, 0) is 18.6 Å². The summed E-state index contributed by atoms with van der Waals surface area (Å²) < 4.78 is 0. The number of hydrogen-bond acceptors (Lipinski definition) is 9. The van der Waals surface area contributed by atoms with Gasteiger partial charge in [-0.25, -0.2) is 9.79 Å². The number of nitrogens with zero attached hydrogens (tertiary/aromatic N) is 3. The Kier molecular flexibility index (Phi) is 5.00. The summed E-state index contributed by atoms with van der Waals surface area (Å²) in [6, 6.07) is -0.630. The molecule has 3 aliphatic rings. The lowest BCUT2D eigenvalue weighted by molar-refractivity contribution is -0.147. The molecule has 0 aromatic carbocycles. The second-order valence-corrected chi connectivity index (χ2v) is 7.79. The molecule has 0 spiro atoms. The smallest absolute Gasteiger partial charge is 0.352 e. The highest BCUT2D eigenvalue weighted by molar-refractivity contribution is 8.14. The summed E-state index contributed by atoms with van der Waals surface area (Å²) in [6.45, 7) is 2.60. The van der Waals surface area contributed by atoms with E-state index in [4.69, 9.17) is 17.2 Å². The third-order valence-electron chi connectivity index (χ3n) is 4.18. The van der Waals surface area contributed by atoms with Crippen molar-refractivity contribution in [2.45, 2.75) is 24.5 Å². The highest BCUT2D eigenvalue weighted by atomic mass is 32.2. The number of likely N-dealkylation sites (N-methyl/N-ethyl adjacent to an activating group) is 1. The standard InChI is InChI=1S/C14H20N6O3S2/c1-2-19-8(16)3-7(15)18-14(19)25-5-6-4-24-12-9(17)11(21)20(12)10(6)13(22)23/h3,8-9,12H,2,4-5,15-17H2,1H3,(H,22,23)/t8?,9?,12-/m0/s1. The number of carboxylic acid groups (broad SMARTS) is 1. The minimum absolute atomic E-state index is 0.0372. The zero-order valence-corrected chi connectivity index (χ0v) is 15.2. The van der Waals surface area contributed by atoms with E-state index >= 15 is 0 Å². The molecule has 11 heteroatoms. The number of carbonyl (C=O) groups excluding carboxylic acids is 1. The number of β-lactam (4-membered cyclic amide) rings is 1. The van der Waals surface area contributed by atoms with E-state index in [1.54, 1.807) is 6.08 Å². The molecule has 0 aliphatic carbocycles. The van der Waals surface area contributed by atoms with Gasteiger partial charge in [0, 0.05) is 18.1 Å². The summed E-state index contributed by atoms with van der Waals surface area (Å²) in [6.07, 6.45) is 1.30. The van der Waals surface area contributed by atoms with E-state index in [9.17, 15) is 14.7 Å². The number of aliphatic carboxylic acids is 1. The SMILES string of the molecule is CCN1C(SCC2=C(C(=O)O)N3C(=O)C(N)[C@@H]3SC2)=NC(N)=CC1N. The molecule has 9 nitrogen and oxygen atoms in total. The molecule has 1 saturated heterocycles. The van der Waals surface area contributed by atoms with Crippen LogP contribution >= 0.6 is 23.5 Å². The fraction of sp³-hybridized carbons (Fsp3) is 0.500. The van der Waals surface area contributed by atoms with Crippen molar-refractivity contribution in [3.8, 4) is 0 Å². The van der Waals surface area contributed by atoms with Gasteiger partial charge in [0.25, 0.3) is 0 Å². The van der Waals surface area contributed by atoms with Gasteiger partial charge in [0.2, 0.25) is 5.91 Å². The van der Waals surface area contributed by atoms with Gasteiger partial charge in [0.05, 0.1) is 0 Å². The van der Waals surface area contributed by atoms with Crippen molar-refractivity contribution >= 4 is 40.6 Å². The predicted molar refractivity (Wildman–Crippen MR) is 98.2 cm³/mol. The first kappa shape index (κ1) is 18.1. The number of carboxylic acids is 1.